The van der Waals surface area contributed by atoms with E-state index in [1.165, 1.54) is 25.7 Å². The zero-order valence-corrected chi connectivity index (χ0v) is 12.1. The van der Waals surface area contributed by atoms with E-state index in [0.717, 1.165) is 30.7 Å². The van der Waals surface area contributed by atoms with Crippen LogP contribution in [0.15, 0.2) is 0 Å². The number of ether oxygens (including phenoxy) is 2. The number of amides is 2. The maximum Gasteiger partial charge on any atom is 0.314 e. The molecule has 2 bridgehead atoms. The van der Waals surface area contributed by atoms with Gasteiger partial charge < -0.3 is 20.1 Å². The Balaban J connectivity index is 1.25. The van der Waals surface area contributed by atoms with Gasteiger partial charge in [-0.05, 0) is 43.4 Å². The van der Waals surface area contributed by atoms with Gasteiger partial charge in [-0.2, -0.15) is 0 Å². The molecule has 20 heavy (non-hydrogen) atoms. The van der Waals surface area contributed by atoms with Gasteiger partial charge in [-0.1, -0.05) is 6.42 Å². The molecule has 2 saturated carbocycles. The highest BCUT2D eigenvalue weighted by atomic mass is 16.6. The summed E-state index contributed by atoms with van der Waals surface area (Å²) in [5.41, 5.74) is 0. The fourth-order valence-corrected chi connectivity index (χ4v) is 4.02. The molecule has 5 heteroatoms. The van der Waals surface area contributed by atoms with Crippen molar-refractivity contribution in [1.29, 1.82) is 0 Å². The highest BCUT2D eigenvalue weighted by Gasteiger charge is 2.38. The van der Waals surface area contributed by atoms with E-state index in [1.807, 2.05) is 0 Å². The molecule has 0 aromatic carbocycles. The van der Waals surface area contributed by atoms with E-state index >= 15 is 0 Å². The lowest BCUT2D eigenvalue weighted by Crippen LogP contribution is -2.44. The molecule has 4 atom stereocenters. The number of nitrogens with one attached hydrogen (secondary N) is 2. The molecule has 3 rings (SSSR count). The summed E-state index contributed by atoms with van der Waals surface area (Å²) < 4.78 is 10.8. The Morgan fingerprint density at radius 3 is 2.80 bits per heavy atom. The van der Waals surface area contributed by atoms with E-state index in [9.17, 15) is 4.79 Å². The zero-order valence-electron chi connectivity index (χ0n) is 12.1. The highest BCUT2D eigenvalue weighted by Crippen LogP contribution is 2.49. The molecule has 0 spiro atoms. The molecule has 0 aromatic heterocycles. The van der Waals surface area contributed by atoms with Gasteiger partial charge in [-0.25, -0.2) is 4.79 Å². The Morgan fingerprint density at radius 2 is 2.10 bits per heavy atom. The van der Waals surface area contributed by atoms with E-state index in [-0.39, 0.29) is 12.1 Å². The van der Waals surface area contributed by atoms with Gasteiger partial charge in [0.2, 0.25) is 0 Å². The fourth-order valence-electron chi connectivity index (χ4n) is 4.02. The first-order valence-corrected chi connectivity index (χ1v) is 8.02. The third-order valence-corrected chi connectivity index (χ3v) is 5.06. The minimum atomic E-state index is -0.0812. The molecule has 1 saturated heterocycles. The molecular weight excluding hydrogens is 256 g/mol. The number of hydrogen-bond acceptors (Lipinski definition) is 3. The number of urea groups is 1. The van der Waals surface area contributed by atoms with Gasteiger partial charge in [0, 0.05) is 13.1 Å². The minimum absolute atomic E-state index is 0.0000618. The lowest BCUT2D eigenvalue weighted by atomic mass is 9.86. The standard InChI is InChI=1S/C15H26N2O3/c18-15(17-9-14-10-19-5-6-20-14)16-4-3-13-8-11-1-2-12(13)7-11/h11-14H,1-10H2,(H2,16,17,18). The molecular formula is C15H26N2O3. The molecule has 3 fully saturated rings. The summed E-state index contributed by atoms with van der Waals surface area (Å²) >= 11 is 0. The first kappa shape index (κ1) is 14.1. The topological polar surface area (TPSA) is 59.6 Å². The third-order valence-electron chi connectivity index (χ3n) is 5.06. The van der Waals surface area contributed by atoms with Gasteiger partial charge in [0.25, 0.3) is 0 Å². The predicted octanol–water partition coefficient (Wildman–Crippen LogP) is 1.53. The number of rotatable bonds is 5. The normalized spacial score (nSPS) is 36.0. The molecule has 1 aliphatic heterocycles. The van der Waals surface area contributed by atoms with Gasteiger partial charge in [0.05, 0.1) is 25.9 Å². The van der Waals surface area contributed by atoms with Gasteiger partial charge in [0.1, 0.15) is 0 Å². The van der Waals surface area contributed by atoms with Crippen LogP contribution < -0.4 is 10.6 Å². The second kappa shape index (κ2) is 6.76. The largest absolute Gasteiger partial charge is 0.376 e. The molecule has 2 aliphatic carbocycles. The monoisotopic (exact) mass is 282 g/mol. The summed E-state index contributed by atoms with van der Waals surface area (Å²) in [7, 11) is 0. The van der Waals surface area contributed by atoms with Crippen molar-refractivity contribution in [3.8, 4) is 0 Å². The lowest BCUT2D eigenvalue weighted by Gasteiger charge is -2.23. The van der Waals surface area contributed by atoms with Crippen molar-refractivity contribution in [3.05, 3.63) is 0 Å². The van der Waals surface area contributed by atoms with Crippen molar-refractivity contribution >= 4 is 6.03 Å². The van der Waals surface area contributed by atoms with E-state index < -0.39 is 0 Å². The molecule has 2 N–H and O–H groups in total. The predicted molar refractivity (Wildman–Crippen MR) is 75.5 cm³/mol. The molecule has 114 valence electrons. The molecule has 5 nitrogen and oxygen atoms in total. The van der Waals surface area contributed by atoms with Crippen LogP contribution in [0.5, 0.6) is 0 Å². The van der Waals surface area contributed by atoms with Crippen molar-refractivity contribution < 1.29 is 14.3 Å². The molecule has 0 radical (unpaired) electrons. The summed E-state index contributed by atoms with van der Waals surface area (Å²) in [4.78, 5) is 11.7. The average molecular weight is 282 g/mol. The number of hydrogen-bond donors (Lipinski definition) is 2. The number of fused-ring (bicyclic) bond motifs is 2. The van der Waals surface area contributed by atoms with E-state index in [0.29, 0.717) is 26.4 Å². The highest BCUT2D eigenvalue weighted by molar-refractivity contribution is 5.73. The van der Waals surface area contributed by atoms with Crippen molar-refractivity contribution in [2.75, 3.05) is 32.9 Å². The van der Waals surface area contributed by atoms with E-state index in [4.69, 9.17) is 9.47 Å². The second-order valence-electron chi connectivity index (χ2n) is 6.43. The van der Waals surface area contributed by atoms with Crippen molar-refractivity contribution in [2.24, 2.45) is 17.8 Å². The Kier molecular flexibility index (Phi) is 4.78. The van der Waals surface area contributed by atoms with Gasteiger partial charge in [-0.3, -0.25) is 0 Å². The fraction of sp³-hybridized carbons (Fsp3) is 0.933. The van der Waals surface area contributed by atoms with Crippen LogP contribution in [0, 0.1) is 17.8 Å². The zero-order chi connectivity index (χ0) is 13.8. The SMILES string of the molecule is O=C(NCCC1CC2CCC1C2)NCC1COCCO1. The molecule has 1 heterocycles. The quantitative estimate of drug-likeness (QED) is 0.804. The minimum Gasteiger partial charge on any atom is -0.376 e. The second-order valence-corrected chi connectivity index (χ2v) is 6.43. The molecule has 4 unspecified atom stereocenters. The van der Waals surface area contributed by atoms with Crippen LogP contribution >= 0.6 is 0 Å². The van der Waals surface area contributed by atoms with Crippen molar-refractivity contribution in [2.45, 2.75) is 38.2 Å². The van der Waals surface area contributed by atoms with E-state index in [2.05, 4.69) is 10.6 Å². The van der Waals surface area contributed by atoms with E-state index in [1.54, 1.807) is 0 Å². The smallest absolute Gasteiger partial charge is 0.314 e. The van der Waals surface area contributed by atoms with Crippen LogP contribution in [0.1, 0.15) is 32.1 Å². The third kappa shape index (κ3) is 3.64. The summed E-state index contributed by atoms with van der Waals surface area (Å²) in [5, 5.41) is 5.82. The van der Waals surface area contributed by atoms with Gasteiger partial charge in [-0.15, -0.1) is 0 Å². The van der Waals surface area contributed by atoms with Crippen LogP contribution in [-0.4, -0.2) is 45.0 Å². The summed E-state index contributed by atoms with van der Waals surface area (Å²) in [5.74, 6) is 2.78. The number of carbonyl (C=O) groups excluding carboxylic acids is 1. The Hall–Kier alpha value is -0.810. The first-order valence-electron chi connectivity index (χ1n) is 8.02. The van der Waals surface area contributed by atoms with Crippen molar-refractivity contribution in [1.82, 2.24) is 10.6 Å². The molecule has 0 aromatic rings. The summed E-state index contributed by atoms with van der Waals surface area (Å²) in [6.07, 6.45) is 6.83. The first-order chi connectivity index (χ1) is 9.81. The summed E-state index contributed by atoms with van der Waals surface area (Å²) in [6, 6.07) is -0.0812. The maximum atomic E-state index is 11.7. The Labute approximate surface area is 120 Å². The van der Waals surface area contributed by atoms with Gasteiger partial charge in [0.15, 0.2) is 0 Å². The summed E-state index contributed by atoms with van der Waals surface area (Å²) in [6.45, 7) is 3.18. The maximum absolute atomic E-state index is 11.7. The van der Waals surface area contributed by atoms with Crippen LogP contribution in [-0.2, 0) is 9.47 Å². The average Bonchev–Trinajstić information content (AvgIpc) is 3.09. The molecule has 2 amide bonds. The molecule has 3 aliphatic rings. The van der Waals surface area contributed by atoms with Crippen molar-refractivity contribution in [3.63, 3.8) is 0 Å². The van der Waals surface area contributed by atoms with Crippen LogP contribution in [0.2, 0.25) is 0 Å². The van der Waals surface area contributed by atoms with Crippen LogP contribution in [0.4, 0.5) is 4.79 Å². The Morgan fingerprint density at radius 1 is 1.15 bits per heavy atom. The van der Waals surface area contributed by atoms with Crippen LogP contribution in [0.25, 0.3) is 0 Å². The Bertz CT molecular complexity index is 331. The lowest BCUT2D eigenvalue weighted by molar-refractivity contribution is -0.0853. The van der Waals surface area contributed by atoms with Gasteiger partial charge >= 0.3 is 6.03 Å². The number of carbonyl (C=O) groups is 1. The van der Waals surface area contributed by atoms with Crippen LogP contribution in [0.3, 0.4) is 0 Å².